The zero-order valence-corrected chi connectivity index (χ0v) is 11.2. The Morgan fingerprint density at radius 3 is 2.42 bits per heavy atom. The highest BCUT2D eigenvalue weighted by Crippen LogP contribution is 2.34. The van der Waals surface area contributed by atoms with Crippen LogP contribution in [0.2, 0.25) is 0 Å². The maximum absolute atomic E-state index is 9.61. The van der Waals surface area contributed by atoms with E-state index in [0.717, 1.165) is 26.7 Å². The molecular weight excluding hydrogens is 256 g/mol. The van der Waals surface area contributed by atoms with Gasteiger partial charge in [-0.25, -0.2) is 0 Å². The number of phenolic OH excluding ortho intramolecular Hbond substituents is 1. The van der Waals surface area contributed by atoms with Crippen molar-refractivity contribution in [3.05, 3.63) is 53.5 Å². The smallest absolute Gasteiger partial charge is 0.148 e. The predicted octanol–water partition coefficient (Wildman–Crippen LogP) is 3.89. The molecule has 0 saturated carbocycles. The topological polar surface area (TPSA) is 46.0 Å². The Morgan fingerprint density at radius 2 is 1.74 bits per heavy atom. The molecule has 0 fully saturated rings. The number of aromatic nitrogens is 2. The van der Waals surface area contributed by atoms with E-state index >= 15 is 0 Å². The van der Waals surface area contributed by atoms with Crippen LogP contribution in [0.1, 0.15) is 5.01 Å². The van der Waals surface area contributed by atoms with Crippen LogP contribution in [0.4, 0.5) is 0 Å². The molecule has 0 aliphatic rings. The van der Waals surface area contributed by atoms with E-state index in [9.17, 15) is 5.11 Å². The average molecular weight is 268 g/mol. The first-order chi connectivity index (χ1) is 9.24. The summed E-state index contributed by atoms with van der Waals surface area (Å²) in [6.07, 6.45) is 0. The van der Waals surface area contributed by atoms with Crippen molar-refractivity contribution in [1.29, 1.82) is 0 Å². The standard InChI is InChI=1S/C15H12N2OS/c1-10-16-17-15(19-10)14-8-3-2-7-13(14)11-5-4-6-12(18)9-11/h2-9,18H,1H3. The average Bonchev–Trinajstić information content (AvgIpc) is 2.85. The first-order valence-electron chi connectivity index (χ1n) is 5.93. The van der Waals surface area contributed by atoms with Gasteiger partial charge in [-0.3, -0.25) is 0 Å². The van der Waals surface area contributed by atoms with E-state index in [1.165, 1.54) is 0 Å². The Kier molecular flexibility index (Phi) is 3.01. The van der Waals surface area contributed by atoms with Crippen LogP contribution in [0.5, 0.6) is 5.75 Å². The second kappa shape index (κ2) is 4.82. The summed E-state index contributed by atoms with van der Waals surface area (Å²) in [5, 5.41) is 19.7. The van der Waals surface area contributed by atoms with Crippen LogP contribution in [-0.2, 0) is 0 Å². The Bertz CT molecular complexity index is 721. The van der Waals surface area contributed by atoms with Gasteiger partial charge in [0.15, 0.2) is 0 Å². The lowest BCUT2D eigenvalue weighted by Gasteiger charge is -2.07. The van der Waals surface area contributed by atoms with Gasteiger partial charge in [0.05, 0.1) is 0 Å². The van der Waals surface area contributed by atoms with Crippen LogP contribution in [0.3, 0.4) is 0 Å². The summed E-state index contributed by atoms with van der Waals surface area (Å²) in [4.78, 5) is 0. The quantitative estimate of drug-likeness (QED) is 0.767. The summed E-state index contributed by atoms with van der Waals surface area (Å²) in [6, 6.07) is 15.3. The van der Waals surface area contributed by atoms with E-state index in [-0.39, 0.29) is 5.75 Å². The zero-order chi connectivity index (χ0) is 13.2. The van der Waals surface area contributed by atoms with Gasteiger partial charge in [-0.2, -0.15) is 0 Å². The predicted molar refractivity (Wildman–Crippen MR) is 77.2 cm³/mol. The van der Waals surface area contributed by atoms with Gasteiger partial charge in [0.1, 0.15) is 15.8 Å². The number of nitrogens with zero attached hydrogens (tertiary/aromatic N) is 2. The maximum atomic E-state index is 9.61. The molecule has 0 spiro atoms. The summed E-state index contributed by atoms with van der Waals surface area (Å²) >= 11 is 1.57. The van der Waals surface area contributed by atoms with Gasteiger partial charge < -0.3 is 5.11 Å². The minimum Gasteiger partial charge on any atom is -0.508 e. The van der Waals surface area contributed by atoms with Crippen LogP contribution >= 0.6 is 11.3 Å². The molecule has 1 aromatic heterocycles. The number of hydrogen-bond acceptors (Lipinski definition) is 4. The highest BCUT2D eigenvalue weighted by Gasteiger charge is 2.10. The monoisotopic (exact) mass is 268 g/mol. The van der Waals surface area contributed by atoms with Gasteiger partial charge in [0.25, 0.3) is 0 Å². The van der Waals surface area contributed by atoms with Gasteiger partial charge >= 0.3 is 0 Å². The fourth-order valence-corrected chi connectivity index (χ4v) is 2.73. The lowest BCUT2D eigenvalue weighted by atomic mass is 10.00. The van der Waals surface area contributed by atoms with Crippen LogP contribution < -0.4 is 0 Å². The third-order valence-electron chi connectivity index (χ3n) is 2.84. The molecule has 0 aliphatic carbocycles. The lowest BCUT2D eigenvalue weighted by Crippen LogP contribution is -1.84. The van der Waals surface area contributed by atoms with Crippen LogP contribution in [0, 0.1) is 6.92 Å². The van der Waals surface area contributed by atoms with Crippen molar-refractivity contribution in [2.24, 2.45) is 0 Å². The Labute approximate surface area is 115 Å². The number of hydrogen-bond donors (Lipinski definition) is 1. The van der Waals surface area contributed by atoms with Crippen molar-refractivity contribution in [3.63, 3.8) is 0 Å². The molecule has 19 heavy (non-hydrogen) atoms. The summed E-state index contributed by atoms with van der Waals surface area (Å²) in [5.41, 5.74) is 3.07. The Hall–Kier alpha value is -2.20. The first-order valence-corrected chi connectivity index (χ1v) is 6.74. The van der Waals surface area contributed by atoms with E-state index in [1.807, 2.05) is 43.3 Å². The molecule has 4 heteroatoms. The number of rotatable bonds is 2. The minimum absolute atomic E-state index is 0.265. The summed E-state index contributed by atoms with van der Waals surface area (Å²) in [7, 11) is 0. The zero-order valence-electron chi connectivity index (χ0n) is 10.4. The van der Waals surface area contributed by atoms with E-state index < -0.39 is 0 Å². The van der Waals surface area contributed by atoms with Crippen molar-refractivity contribution in [1.82, 2.24) is 10.2 Å². The van der Waals surface area contributed by atoms with Gasteiger partial charge in [0.2, 0.25) is 0 Å². The summed E-state index contributed by atoms with van der Waals surface area (Å²) in [6.45, 7) is 1.94. The second-order valence-electron chi connectivity index (χ2n) is 4.22. The number of phenols is 1. The van der Waals surface area contributed by atoms with E-state index in [0.29, 0.717) is 0 Å². The van der Waals surface area contributed by atoms with Crippen molar-refractivity contribution in [2.75, 3.05) is 0 Å². The highest BCUT2D eigenvalue weighted by molar-refractivity contribution is 7.14. The third kappa shape index (κ3) is 2.35. The molecule has 0 unspecified atom stereocenters. The van der Waals surface area contributed by atoms with Crippen LogP contribution in [0.15, 0.2) is 48.5 Å². The molecule has 3 aromatic rings. The third-order valence-corrected chi connectivity index (χ3v) is 3.71. The normalized spacial score (nSPS) is 10.6. The molecule has 0 bridgehead atoms. The molecule has 3 rings (SSSR count). The second-order valence-corrected chi connectivity index (χ2v) is 5.40. The first kappa shape index (κ1) is 11.9. The van der Waals surface area contributed by atoms with Gasteiger partial charge in [-0.15, -0.1) is 10.2 Å². The minimum atomic E-state index is 0.265. The Balaban J connectivity index is 2.17. The molecule has 0 amide bonds. The SMILES string of the molecule is Cc1nnc(-c2ccccc2-c2cccc(O)c2)s1. The number of benzene rings is 2. The maximum Gasteiger partial charge on any atom is 0.148 e. The lowest BCUT2D eigenvalue weighted by molar-refractivity contribution is 0.475. The molecule has 1 heterocycles. The number of aryl methyl sites for hydroxylation is 1. The molecular formula is C15H12N2OS. The van der Waals surface area contributed by atoms with Gasteiger partial charge in [-0.1, -0.05) is 47.7 Å². The van der Waals surface area contributed by atoms with Crippen LogP contribution in [0.25, 0.3) is 21.7 Å². The molecule has 2 aromatic carbocycles. The van der Waals surface area contributed by atoms with Crippen molar-refractivity contribution in [2.45, 2.75) is 6.92 Å². The van der Waals surface area contributed by atoms with Crippen molar-refractivity contribution in [3.8, 4) is 27.4 Å². The molecule has 3 nitrogen and oxygen atoms in total. The molecule has 1 N–H and O–H groups in total. The molecule has 0 saturated heterocycles. The summed E-state index contributed by atoms with van der Waals surface area (Å²) in [5.74, 6) is 0.265. The highest BCUT2D eigenvalue weighted by atomic mass is 32.1. The number of aromatic hydroxyl groups is 1. The molecule has 0 radical (unpaired) electrons. The van der Waals surface area contributed by atoms with Gasteiger partial charge in [-0.05, 0) is 30.2 Å². The fraction of sp³-hybridized carbons (Fsp3) is 0.0667. The van der Waals surface area contributed by atoms with E-state index in [4.69, 9.17) is 0 Å². The van der Waals surface area contributed by atoms with Crippen LogP contribution in [-0.4, -0.2) is 15.3 Å². The van der Waals surface area contributed by atoms with Gasteiger partial charge in [0, 0.05) is 5.56 Å². The Morgan fingerprint density at radius 1 is 0.947 bits per heavy atom. The molecule has 94 valence electrons. The van der Waals surface area contributed by atoms with Crippen molar-refractivity contribution >= 4 is 11.3 Å². The van der Waals surface area contributed by atoms with E-state index in [1.54, 1.807) is 23.5 Å². The summed E-state index contributed by atoms with van der Waals surface area (Å²) < 4.78 is 0. The fourth-order valence-electron chi connectivity index (χ4n) is 2.00. The van der Waals surface area contributed by atoms with E-state index in [2.05, 4.69) is 10.2 Å². The largest absolute Gasteiger partial charge is 0.508 e. The molecule has 0 atom stereocenters. The molecule has 0 aliphatic heterocycles. The van der Waals surface area contributed by atoms with Crippen molar-refractivity contribution < 1.29 is 5.11 Å².